The molecule has 0 aromatic carbocycles. The number of hydrogen-bond acceptors (Lipinski definition) is 4. The maximum atomic E-state index is 10.7. The number of carboxylic acid groups (broad SMARTS) is 1. The van der Waals surface area contributed by atoms with Gasteiger partial charge in [-0.1, -0.05) is 11.8 Å². The molecule has 0 saturated carbocycles. The monoisotopic (exact) mass is 225 g/mol. The van der Waals surface area contributed by atoms with Crippen molar-refractivity contribution < 1.29 is 9.90 Å². The van der Waals surface area contributed by atoms with Crippen molar-refractivity contribution in [3.63, 3.8) is 0 Å². The Kier molecular flexibility index (Phi) is 2.79. The summed E-state index contributed by atoms with van der Waals surface area (Å²) in [5, 5.41) is 12.7. The highest BCUT2D eigenvalue weighted by molar-refractivity contribution is 8.05. The molecule has 0 unspecified atom stereocenters. The van der Waals surface area contributed by atoms with Crippen LogP contribution in [0.25, 0.3) is 0 Å². The number of nitrogens with zero attached hydrogens (tertiary/aromatic N) is 1. The Bertz CT molecular complexity index is 404. The van der Waals surface area contributed by atoms with E-state index in [0.717, 1.165) is 16.3 Å². The highest BCUT2D eigenvalue weighted by Crippen LogP contribution is 2.30. The number of carboxylic acids is 1. The third-order valence-electron chi connectivity index (χ3n) is 1.74. The van der Waals surface area contributed by atoms with Crippen LogP contribution in [0.4, 0.5) is 0 Å². The van der Waals surface area contributed by atoms with E-state index in [1.165, 1.54) is 18.0 Å². The fourth-order valence-electron chi connectivity index (χ4n) is 1.07. The van der Waals surface area contributed by atoms with Crippen LogP contribution >= 0.6 is 23.5 Å². The molecule has 72 valence electrons. The number of rotatable bonds is 1. The molecule has 0 radical (unpaired) electrons. The maximum absolute atomic E-state index is 10.7. The summed E-state index contributed by atoms with van der Waals surface area (Å²) in [6, 6.07) is 1.67. The molecule has 14 heavy (non-hydrogen) atoms. The van der Waals surface area contributed by atoms with Gasteiger partial charge >= 0.3 is 5.97 Å². The van der Waals surface area contributed by atoms with Gasteiger partial charge in [0, 0.05) is 16.8 Å². The van der Waals surface area contributed by atoms with E-state index in [4.69, 9.17) is 5.11 Å². The summed E-state index contributed by atoms with van der Waals surface area (Å²) in [5.74, 6) is -0.125. The number of hydrogen-bond donors (Lipinski definition) is 1. The molecule has 1 aliphatic rings. The zero-order chi connectivity index (χ0) is 9.97. The molecule has 0 amide bonds. The van der Waals surface area contributed by atoms with E-state index in [9.17, 15) is 4.79 Å². The van der Waals surface area contributed by atoms with Gasteiger partial charge < -0.3 is 5.11 Å². The fourth-order valence-corrected chi connectivity index (χ4v) is 2.78. The number of carbonyl (C=O) groups is 1. The highest BCUT2D eigenvalue weighted by Gasteiger charge is 2.10. The van der Waals surface area contributed by atoms with Crippen LogP contribution in [0.3, 0.4) is 0 Å². The fraction of sp³-hybridized carbons (Fsp3) is 0.111. The molecule has 0 bridgehead atoms. The Balaban J connectivity index is 2.41. The lowest BCUT2D eigenvalue weighted by atomic mass is 10.2. The molecule has 3 nitrogen and oxygen atoms in total. The van der Waals surface area contributed by atoms with E-state index in [0.29, 0.717) is 0 Å². The molecule has 5 heteroatoms. The molecule has 1 aliphatic heterocycles. The SMILES string of the molecule is O=C(O)c1cnc2c(c1)SC=CSC2. The quantitative estimate of drug-likeness (QED) is 0.796. The lowest BCUT2D eigenvalue weighted by molar-refractivity contribution is 0.0696. The lowest BCUT2D eigenvalue weighted by Crippen LogP contribution is -1.99. The van der Waals surface area contributed by atoms with Gasteiger partial charge in [-0.3, -0.25) is 4.98 Å². The largest absolute Gasteiger partial charge is 0.478 e. The van der Waals surface area contributed by atoms with E-state index >= 15 is 0 Å². The topological polar surface area (TPSA) is 50.2 Å². The maximum Gasteiger partial charge on any atom is 0.337 e. The number of thioether (sulfide) groups is 2. The van der Waals surface area contributed by atoms with Gasteiger partial charge in [-0.15, -0.1) is 11.8 Å². The summed E-state index contributed by atoms with van der Waals surface area (Å²) in [6.45, 7) is 0. The summed E-state index contributed by atoms with van der Waals surface area (Å²) in [5.41, 5.74) is 1.20. The standard InChI is InChI=1S/C9H7NO2S2/c11-9(12)6-3-8-7(10-4-6)5-13-1-2-14-8/h1-4H,5H2,(H,11,12). The first-order valence-electron chi connectivity index (χ1n) is 3.93. The van der Waals surface area contributed by atoms with Crippen LogP contribution in [0.5, 0.6) is 0 Å². The van der Waals surface area contributed by atoms with Crippen molar-refractivity contribution in [2.75, 3.05) is 0 Å². The van der Waals surface area contributed by atoms with E-state index in [2.05, 4.69) is 4.98 Å². The van der Waals surface area contributed by atoms with Gasteiger partial charge in [0.15, 0.2) is 0 Å². The van der Waals surface area contributed by atoms with Crippen LogP contribution in [-0.4, -0.2) is 16.1 Å². The van der Waals surface area contributed by atoms with Gasteiger partial charge in [-0.05, 0) is 16.9 Å². The highest BCUT2D eigenvalue weighted by atomic mass is 32.2. The van der Waals surface area contributed by atoms with Crippen LogP contribution < -0.4 is 0 Å². The summed E-state index contributed by atoms with van der Waals surface area (Å²) in [7, 11) is 0. The van der Waals surface area contributed by atoms with Crippen LogP contribution in [0, 0.1) is 0 Å². The van der Waals surface area contributed by atoms with Gasteiger partial charge in [0.05, 0.1) is 11.3 Å². The van der Waals surface area contributed by atoms with Gasteiger partial charge in [0.2, 0.25) is 0 Å². The number of aromatic carboxylic acids is 1. The predicted molar refractivity (Wildman–Crippen MR) is 57.5 cm³/mol. The first-order valence-corrected chi connectivity index (χ1v) is 5.86. The van der Waals surface area contributed by atoms with E-state index < -0.39 is 5.97 Å². The molecule has 0 aliphatic carbocycles. The second-order valence-corrected chi connectivity index (χ2v) is 4.52. The number of aromatic nitrogens is 1. The first-order chi connectivity index (χ1) is 6.77. The van der Waals surface area contributed by atoms with Crippen molar-refractivity contribution >= 4 is 29.5 Å². The Hall–Kier alpha value is -0.940. The molecule has 1 N–H and O–H groups in total. The molecule has 1 aromatic heterocycles. The Morgan fingerprint density at radius 1 is 1.50 bits per heavy atom. The first kappa shape index (κ1) is 9.61. The van der Waals surface area contributed by atoms with Crippen molar-refractivity contribution in [1.82, 2.24) is 4.98 Å². The molecule has 0 spiro atoms. The Morgan fingerprint density at radius 3 is 3.14 bits per heavy atom. The normalized spacial score (nSPS) is 14.6. The number of pyridine rings is 1. The van der Waals surface area contributed by atoms with Crippen molar-refractivity contribution in [1.29, 1.82) is 0 Å². The van der Waals surface area contributed by atoms with Crippen LogP contribution in [0.2, 0.25) is 0 Å². The van der Waals surface area contributed by atoms with E-state index in [-0.39, 0.29) is 5.56 Å². The summed E-state index contributed by atoms with van der Waals surface area (Å²) >= 11 is 3.18. The van der Waals surface area contributed by atoms with Gasteiger partial charge in [-0.25, -0.2) is 4.79 Å². The zero-order valence-electron chi connectivity index (χ0n) is 7.14. The zero-order valence-corrected chi connectivity index (χ0v) is 8.77. The molecule has 0 saturated heterocycles. The van der Waals surface area contributed by atoms with Gasteiger partial charge in [-0.2, -0.15) is 0 Å². The predicted octanol–water partition coefficient (Wildman–Crippen LogP) is 2.59. The third-order valence-corrected chi connectivity index (χ3v) is 3.56. The second-order valence-electron chi connectivity index (χ2n) is 2.67. The minimum Gasteiger partial charge on any atom is -0.478 e. The molecular weight excluding hydrogens is 218 g/mol. The Labute approximate surface area is 89.6 Å². The van der Waals surface area contributed by atoms with Gasteiger partial charge in [0.25, 0.3) is 0 Å². The molecular formula is C9H7NO2S2. The van der Waals surface area contributed by atoms with E-state index in [1.807, 2.05) is 10.8 Å². The van der Waals surface area contributed by atoms with Crippen molar-refractivity contribution in [3.05, 3.63) is 34.3 Å². The third kappa shape index (κ3) is 1.93. The minimum absolute atomic E-state index is 0.247. The van der Waals surface area contributed by atoms with Crippen molar-refractivity contribution in [2.24, 2.45) is 0 Å². The van der Waals surface area contributed by atoms with Gasteiger partial charge in [0.1, 0.15) is 0 Å². The number of fused-ring (bicyclic) bond motifs is 1. The minimum atomic E-state index is -0.929. The van der Waals surface area contributed by atoms with E-state index in [1.54, 1.807) is 17.8 Å². The van der Waals surface area contributed by atoms with Crippen LogP contribution in [0.1, 0.15) is 16.1 Å². The molecule has 0 atom stereocenters. The average Bonchev–Trinajstić information content (AvgIpc) is 2.41. The smallest absolute Gasteiger partial charge is 0.337 e. The summed E-state index contributed by atoms with van der Waals surface area (Å²) < 4.78 is 0. The summed E-state index contributed by atoms with van der Waals surface area (Å²) in [4.78, 5) is 15.8. The van der Waals surface area contributed by atoms with Crippen molar-refractivity contribution in [3.8, 4) is 0 Å². The Morgan fingerprint density at radius 2 is 2.36 bits per heavy atom. The molecule has 1 aromatic rings. The average molecular weight is 225 g/mol. The lowest BCUT2D eigenvalue weighted by Gasteiger charge is -2.03. The summed E-state index contributed by atoms with van der Waals surface area (Å²) in [6.07, 6.45) is 1.41. The molecule has 2 heterocycles. The van der Waals surface area contributed by atoms with Crippen LogP contribution in [0.15, 0.2) is 28.0 Å². The second kappa shape index (κ2) is 4.06. The molecule has 0 fully saturated rings. The molecule has 2 rings (SSSR count). The van der Waals surface area contributed by atoms with Crippen molar-refractivity contribution in [2.45, 2.75) is 10.6 Å². The van der Waals surface area contributed by atoms with Crippen LogP contribution in [-0.2, 0) is 5.75 Å².